The first-order chi connectivity index (χ1) is 14.7. The second-order valence-electron chi connectivity index (χ2n) is 8.31. The molecule has 1 aliphatic carbocycles. The number of aromatic nitrogens is 3. The molecular formula is C23H30N6O. The van der Waals surface area contributed by atoms with E-state index in [1.165, 1.54) is 5.56 Å². The number of nitrogens with one attached hydrogen (secondary N) is 1. The molecule has 3 heterocycles. The molecule has 158 valence electrons. The first-order valence-electron chi connectivity index (χ1n) is 11.1. The van der Waals surface area contributed by atoms with Gasteiger partial charge in [0.15, 0.2) is 5.65 Å². The average Bonchev–Trinajstić information content (AvgIpc) is 3.24. The second kappa shape index (κ2) is 8.14. The summed E-state index contributed by atoms with van der Waals surface area (Å²) in [5.41, 5.74) is 9.30. The van der Waals surface area contributed by atoms with E-state index in [2.05, 4.69) is 27.4 Å². The zero-order chi connectivity index (χ0) is 20.5. The molecule has 0 amide bonds. The van der Waals surface area contributed by atoms with Gasteiger partial charge in [0.25, 0.3) is 0 Å². The predicted molar refractivity (Wildman–Crippen MR) is 120 cm³/mol. The summed E-state index contributed by atoms with van der Waals surface area (Å²) in [6.07, 6.45) is 8.44. The quantitative estimate of drug-likeness (QED) is 0.669. The van der Waals surface area contributed by atoms with Gasteiger partial charge in [0, 0.05) is 35.9 Å². The predicted octanol–water partition coefficient (Wildman–Crippen LogP) is 3.89. The Labute approximate surface area is 177 Å². The summed E-state index contributed by atoms with van der Waals surface area (Å²) in [6.45, 7) is 3.72. The van der Waals surface area contributed by atoms with Crippen molar-refractivity contribution in [2.24, 2.45) is 5.73 Å². The minimum absolute atomic E-state index is 0.354. The molecule has 7 heteroatoms. The van der Waals surface area contributed by atoms with Crippen LogP contribution in [0.4, 0.5) is 17.3 Å². The number of rotatable bonds is 5. The van der Waals surface area contributed by atoms with Crippen molar-refractivity contribution in [1.29, 1.82) is 0 Å². The number of benzene rings is 1. The Hall–Kier alpha value is -2.80. The van der Waals surface area contributed by atoms with Crippen LogP contribution in [0.2, 0.25) is 0 Å². The highest BCUT2D eigenvalue weighted by atomic mass is 16.5. The highest BCUT2D eigenvalue weighted by molar-refractivity contribution is 5.71. The fraction of sp³-hybridized carbons (Fsp3) is 0.478. The van der Waals surface area contributed by atoms with Gasteiger partial charge in [0.2, 0.25) is 0 Å². The minimum atomic E-state index is 0.354. The van der Waals surface area contributed by atoms with Gasteiger partial charge in [0.1, 0.15) is 17.4 Å². The molecule has 1 aromatic carbocycles. The van der Waals surface area contributed by atoms with Gasteiger partial charge in [-0.2, -0.15) is 9.61 Å². The lowest BCUT2D eigenvalue weighted by Gasteiger charge is -2.40. The second-order valence-corrected chi connectivity index (χ2v) is 8.31. The summed E-state index contributed by atoms with van der Waals surface area (Å²) in [6, 6.07) is 11.0. The smallest absolute Gasteiger partial charge is 0.159 e. The molecule has 0 unspecified atom stereocenters. The van der Waals surface area contributed by atoms with Crippen molar-refractivity contribution in [3.05, 3.63) is 42.1 Å². The monoisotopic (exact) mass is 406 g/mol. The Morgan fingerprint density at radius 2 is 1.93 bits per heavy atom. The van der Waals surface area contributed by atoms with E-state index in [9.17, 15) is 0 Å². The number of ether oxygens (including phenoxy) is 1. The molecule has 1 fully saturated rings. The average molecular weight is 407 g/mol. The molecule has 2 aliphatic rings. The van der Waals surface area contributed by atoms with Crippen LogP contribution in [0, 0.1) is 0 Å². The summed E-state index contributed by atoms with van der Waals surface area (Å²) in [5.74, 6) is 3.01. The SMILES string of the molecule is CCOc1ccc(Nc2c3c(nc4ccnn24)N([C@H]2CC[C@H](N)CC2)CCC3)cc1. The van der Waals surface area contributed by atoms with Crippen molar-refractivity contribution in [3.8, 4) is 5.75 Å². The van der Waals surface area contributed by atoms with E-state index in [-0.39, 0.29) is 0 Å². The third-order valence-electron chi connectivity index (χ3n) is 6.32. The number of nitrogens with two attached hydrogens (primary N) is 1. The van der Waals surface area contributed by atoms with Crippen molar-refractivity contribution in [2.75, 3.05) is 23.4 Å². The Morgan fingerprint density at radius 3 is 2.70 bits per heavy atom. The summed E-state index contributed by atoms with van der Waals surface area (Å²) < 4.78 is 7.50. The first kappa shape index (κ1) is 19.2. The Kier molecular flexibility index (Phi) is 5.21. The van der Waals surface area contributed by atoms with Crippen molar-refractivity contribution >= 4 is 23.0 Å². The third kappa shape index (κ3) is 3.58. The minimum Gasteiger partial charge on any atom is -0.494 e. The number of hydrogen-bond acceptors (Lipinski definition) is 6. The van der Waals surface area contributed by atoms with Gasteiger partial charge in [-0.3, -0.25) is 0 Å². The van der Waals surface area contributed by atoms with Gasteiger partial charge in [-0.15, -0.1) is 0 Å². The molecule has 1 aliphatic heterocycles. The molecule has 5 rings (SSSR count). The van der Waals surface area contributed by atoms with Crippen LogP contribution in [-0.4, -0.2) is 39.8 Å². The van der Waals surface area contributed by atoms with Crippen molar-refractivity contribution in [1.82, 2.24) is 14.6 Å². The van der Waals surface area contributed by atoms with E-state index >= 15 is 0 Å². The molecule has 0 bridgehead atoms. The Morgan fingerprint density at radius 1 is 1.13 bits per heavy atom. The van der Waals surface area contributed by atoms with E-state index < -0.39 is 0 Å². The molecule has 1 saturated carbocycles. The number of fused-ring (bicyclic) bond motifs is 2. The maximum absolute atomic E-state index is 6.16. The van der Waals surface area contributed by atoms with Gasteiger partial charge >= 0.3 is 0 Å². The molecule has 0 radical (unpaired) electrons. The van der Waals surface area contributed by atoms with E-state index in [0.717, 1.165) is 73.8 Å². The lowest BCUT2D eigenvalue weighted by Crippen LogP contribution is -2.44. The molecule has 0 saturated heterocycles. The fourth-order valence-electron chi connectivity index (χ4n) is 4.80. The number of anilines is 3. The molecule has 3 aromatic rings. The zero-order valence-electron chi connectivity index (χ0n) is 17.6. The van der Waals surface area contributed by atoms with E-state index in [1.807, 2.05) is 35.8 Å². The van der Waals surface area contributed by atoms with Gasteiger partial charge in [-0.25, -0.2) is 4.98 Å². The van der Waals surface area contributed by atoms with Gasteiger partial charge in [-0.1, -0.05) is 0 Å². The zero-order valence-corrected chi connectivity index (χ0v) is 17.6. The molecule has 2 aromatic heterocycles. The van der Waals surface area contributed by atoms with Crippen molar-refractivity contribution in [3.63, 3.8) is 0 Å². The van der Waals surface area contributed by atoms with E-state index in [0.29, 0.717) is 18.7 Å². The maximum atomic E-state index is 6.16. The van der Waals surface area contributed by atoms with Crippen LogP contribution in [0.15, 0.2) is 36.5 Å². The first-order valence-corrected chi connectivity index (χ1v) is 11.1. The molecule has 0 atom stereocenters. The Bertz CT molecular complexity index is 1010. The van der Waals surface area contributed by atoms with Crippen LogP contribution in [-0.2, 0) is 6.42 Å². The molecule has 0 spiro atoms. The highest BCUT2D eigenvalue weighted by Crippen LogP contribution is 2.37. The largest absolute Gasteiger partial charge is 0.494 e. The summed E-state index contributed by atoms with van der Waals surface area (Å²) in [7, 11) is 0. The van der Waals surface area contributed by atoms with Gasteiger partial charge in [-0.05, 0) is 69.7 Å². The topological polar surface area (TPSA) is 80.7 Å². The normalized spacial score (nSPS) is 21.5. The maximum Gasteiger partial charge on any atom is 0.159 e. The molecule has 30 heavy (non-hydrogen) atoms. The summed E-state index contributed by atoms with van der Waals surface area (Å²) >= 11 is 0. The number of hydrogen-bond donors (Lipinski definition) is 2. The van der Waals surface area contributed by atoms with Crippen LogP contribution < -0.4 is 20.7 Å². The standard InChI is InChI=1S/C23H30N6O/c1-2-30-19-11-7-17(8-12-19)26-23-20-4-3-15-28(18-9-5-16(24)6-10-18)22(20)27-21-13-14-25-29(21)23/h7-8,11-14,16,18,26H,2-6,9-10,15,24H2,1H3/t16-,18-. The van der Waals surface area contributed by atoms with E-state index in [4.69, 9.17) is 15.5 Å². The van der Waals surface area contributed by atoms with Crippen LogP contribution in [0.1, 0.15) is 44.6 Å². The number of nitrogens with zero attached hydrogens (tertiary/aromatic N) is 4. The molecule has 3 N–H and O–H groups in total. The van der Waals surface area contributed by atoms with Crippen LogP contribution in [0.5, 0.6) is 5.75 Å². The van der Waals surface area contributed by atoms with Gasteiger partial charge in [0.05, 0.1) is 12.8 Å². The summed E-state index contributed by atoms with van der Waals surface area (Å²) in [5, 5.41) is 8.17. The Balaban J connectivity index is 1.51. The fourth-order valence-corrected chi connectivity index (χ4v) is 4.80. The molecular weight excluding hydrogens is 376 g/mol. The van der Waals surface area contributed by atoms with Crippen LogP contribution in [0.25, 0.3) is 5.65 Å². The van der Waals surface area contributed by atoms with Crippen molar-refractivity contribution < 1.29 is 4.74 Å². The third-order valence-corrected chi connectivity index (χ3v) is 6.32. The van der Waals surface area contributed by atoms with E-state index in [1.54, 1.807) is 0 Å². The highest BCUT2D eigenvalue weighted by Gasteiger charge is 2.31. The van der Waals surface area contributed by atoms with Crippen molar-refractivity contribution in [2.45, 2.75) is 57.5 Å². The lowest BCUT2D eigenvalue weighted by molar-refractivity contribution is 0.340. The van der Waals surface area contributed by atoms with Crippen LogP contribution >= 0.6 is 0 Å². The van der Waals surface area contributed by atoms with Crippen LogP contribution in [0.3, 0.4) is 0 Å². The van der Waals surface area contributed by atoms with Gasteiger partial charge < -0.3 is 20.7 Å². The summed E-state index contributed by atoms with van der Waals surface area (Å²) in [4.78, 5) is 7.56. The lowest BCUT2D eigenvalue weighted by atomic mass is 9.89. The molecule has 7 nitrogen and oxygen atoms in total.